The Morgan fingerprint density at radius 2 is 2.05 bits per heavy atom. The second-order valence-electron chi connectivity index (χ2n) is 5.59. The number of rotatable bonds is 8. The molecule has 0 unspecified atom stereocenters. The zero-order chi connectivity index (χ0) is 15.8. The number of nitrogens with one attached hydrogen (secondary N) is 1. The van der Waals surface area contributed by atoms with E-state index in [1.807, 2.05) is 37.7 Å². The number of amides is 1. The third kappa shape index (κ3) is 5.95. The Bertz CT molecular complexity index is 581. The Morgan fingerprint density at radius 3 is 2.77 bits per heavy atom. The van der Waals surface area contributed by atoms with Crippen molar-refractivity contribution < 1.29 is 4.79 Å². The standard InChI is InChI=1S/C17H23N3OS/c1-20(2)12-17-19-15(13-22-17)11-16(21)18-10-6-9-14-7-4-3-5-8-14/h3-5,7-8,13H,6,9-12H2,1-2H3,(H,18,21). The predicted octanol–water partition coefficient (Wildman–Crippen LogP) is 2.50. The summed E-state index contributed by atoms with van der Waals surface area (Å²) in [5.74, 6) is 0.0507. The minimum atomic E-state index is 0.0507. The van der Waals surface area contributed by atoms with Crippen molar-refractivity contribution >= 4 is 17.2 Å². The van der Waals surface area contributed by atoms with Gasteiger partial charge in [-0.25, -0.2) is 4.98 Å². The number of aromatic nitrogens is 1. The molecule has 0 radical (unpaired) electrons. The Labute approximate surface area is 136 Å². The second-order valence-corrected chi connectivity index (χ2v) is 6.53. The second kappa shape index (κ2) is 8.66. The molecular weight excluding hydrogens is 294 g/mol. The van der Waals surface area contributed by atoms with Crippen LogP contribution in [0.25, 0.3) is 0 Å². The van der Waals surface area contributed by atoms with Crippen LogP contribution in [-0.4, -0.2) is 36.4 Å². The van der Waals surface area contributed by atoms with Crippen LogP contribution in [0.5, 0.6) is 0 Å². The number of benzene rings is 1. The van der Waals surface area contributed by atoms with Gasteiger partial charge in [-0.15, -0.1) is 11.3 Å². The first-order chi connectivity index (χ1) is 10.6. The molecule has 0 fully saturated rings. The van der Waals surface area contributed by atoms with Crippen LogP contribution in [0.1, 0.15) is 22.7 Å². The lowest BCUT2D eigenvalue weighted by Crippen LogP contribution is -2.26. The van der Waals surface area contributed by atoms with E-state index in [9.17, 15) is 4.79 Å². The summed E-state index contributed by atoms with van der Waals surface area (Å²) in [6, 6.07) is 10.3. The van der Waals surface area contributed by atoms with E-state index in [2.05, 4.69) is 27.3 Å². The lowest BCUT2D eigenvalue weighted by molar-refractivity contribution is -0.120. The zero-order valence-electron chi connectivity index (χ0n) is 13.2. The van der Waals surface area contributed by atoms with E-state index in [4.69, 9.17) is 0 Å². The predicted molar refractivity (Wildman–Crippen MR) is 91.0 cm³/mol. The lowest BCUT2D eigenvalue weighted by Gasteiger charge is -2.05. The molecule has 118 valence electrons. The number of hydrogen-bond donors (Lipinski definition) is 1. The van der Waals surface area contributed by atoms with Crippen molar-refractivity contribution in [1.82, 2.24) is 15.2 Å². The van der Waals surface area contributed by atoms with Crippen molar-refractivity contribution in [2.24, 2.45) is 0 Å². The topological polar surface area (TPSA) is 45.2 Å². The van der Waals surface area contributed by atoms with Gasteiger partial charge in [-0.05, 0) is 32.5 Å². The maximum atomic E-state index is 11.9. The van der Waals surface area contributed by atoms with E-state index in [-0.39, 0.29) is 5.91 Å². The third-order valence-electron chi connectivity index (χ3n) is 3.20. The van der Waals surface area contributed by atoms with Gasteiger partial charge in [0, 0.05) is 18.5 Å². The van der Waals surface area contributed by atoms with Gasteiger partial charge in [0.1, 0.15) is 5.01 Å². The molecule has 5 heteroatoms. The summed E-state index contributed by atoms with van der Waals surface area (Å²) < 4.78 is 0. The van der Waals surface area contributed by atoms with Crippen LogP contribution in [0, 0.1) is 0 Å². The molecule has 0 saturated heterocycles. The fourth-order valence-electron chi connectivity index (χ4n) is 2.17. The Hall–Kier alpha value is -1.72. The van der Waals surface area contributed by atoms with Gasteiger partial charge in [0.15, 0.2) is 0 Å². The highest BCUT2D eigenvalue weighted by Crippen LogP contribution is 2.11. The van der Waals surface area contributed by atoms with Crippen molar-refractivity contribution in [2.75, 3.05) is 20.6 Å². The smallest absolute Gasteiger partial charge is 0.226 e. The monoisotopic (exact) mass is 317 g/mol. The molecule has 1 N–H and O–H groups in total. The molecule has 0 aliphatic carbocycles. The summed E-state index contributed by atoms with van der Waals surface area (Å²) in [4.78, 5) is 18.5. The van der Waals surface area contributed by atoms with E-state index in [0.29, 0.717) is 13.0 Å². The van der Waals surface area contributed by atoms with Crippen molar-refractivity contribution in [3.05, 3.63) is 52.0 Å². The maximum Gasteiger partial charge on any atom is 0.226 e. The van der Waals surface area contributed by atoms with Gasteiger partial charge in [0.2, 0.25) is 5.91 Å². The highest BCUT2D eigenvalue weighted by molar-refractivity contribution is 7.09. The molecule has 2 aromatic rings. The van der Waals surface area contributed by atoms with Gasteiger partial charge in [0.05, 0.1) is 12.1 Å². The molecule has 0 bridgehead atoms. The third-order valence-corrected chi connectivity index (χ3v) is 4.08. The van der Waals surface area contributed by atoms with E-state index in [0.717, 1.165) is 30.1 Å². The molecule has 0 aliphatic heterocycles. The maximum absolute atomic E-state index is 11.9. The van der Waals surface area contributed by atoms with Gasteiger partial charge in [-0.2, -0.15) is 0 Å². The number of carbonyl (C=O) groups excluding carboxylic acids is 1. The number of aryl methyl sites for hydroxylation is 1. The SMILES string of the molecule is CN(C)Cc1nc(CC(=O)NCCCc2ccccc2)cs1. The van der Waals surface area contributed by atoms with Crippen LogP contribution in [0.15, 0.2) is 35.7 Å². The van der Waals surface area contributed by atoms with E-state index >= 15 is 0 Å². The van der Waals surface area contributed by atoms with Gasteiger partial charge >= 0.3 is 0 Å². The van der Waals surface area contributed by atoms with Crippen LogP contribution < -0.4 is 5.32 Å². The van der Waals surface area contributed by atoms with E-state index in [1.54, 1.807) is 11.3 Å². The first kappa shape index (κ1) is 16.6. The molecule has 1 heterocycles. The number of hydrogen-bond acceptors (Lipinski definition) is 4. The van der Waals surface area contributed by atoms with Crippen molar-refractivity contribution in [2.45, 2.75) is 25.8 Å². The highest BCUT2D eigenvalue weighted by atomic mass is 32.1. The number of carbonyl (C=O) groups is 1. The number of thiazole rings is 1. The highest BCUT2D eigenvalue weighted by Gasteiger charge is 2.08. The zero-order valence-corrected chi connectivity index (χ0v) is 14.0. The molecule has 0 atom stereocenters. The average Bonchev–Trinajstić information content (AvgIpc) is 2.91. The Kier molecular flexibility index (Phi) is 6.55. The molecule has 2 rings (SSSR count). The van der Waals surface area contributed by atoms with Gasteiger partial charge in [0.25, 0.3) is 0 Å². The van der Waals surface area contributed by atoms with Gasteiger partial charge < -0.3 is 10.2 Å². The normalized spacial score (nSPS) is 10.9. The average molecular weight is 317 g/mol. The van der Waals surface area contributed by atoms with Crippen LogP contribution in [-0.2, 0) is 24.2 Å². The Balaban J connectivity index is 1.66. The molecule has 1 aromatic heterocycles. The lowest BCUT2D eigenvalue weighted by atomic mass is 10.1. The van der Waals surface area contributed by atoms with Crippen molar-refractivity contribution in [3.63, 3.8) is 0 Å². The van der Waals surface area contributed by atoms with Crippen molar-refractivity contribution in [1.29, 1.82) is 0 Å². The number of nitrogens with zero attached hydrogens (tertiary/aromatic N) is 2. The summed E-state index contributed by atoms with van der Waals surface area (Å²) >= 11 is 1.61. The molecular formula is C17H23N3OS. The van der Waals surface area contributed by atoms with Gasteiger partial charge in [-0.1, -0.05) is 30.3 Å². The van der Waals surface area contributed by atoms with Crippen molar-refractivity contribution in [3.8, 4) is 0 Å². The molecule has 22 heavy (non-hydrogen) atoms. The van der Waals surface area contributed by atoms with Gasteiger partial charge in [-0.3, -0.25) is 4.79 Å². The van der Waals surface area contributed by atoms with Crippen LogP contribution in [0.2, 0.25) is 0 Å². The Morgan fingerprint density at radius 1 is 1.27 bits per heavy atom. The molecule has 0 saturated carbocycles. The molecule has 0 spiro atoms. The fourth-order valence-corrected chi connectivity index (χ4v) is 3.08. The summed E-state index contributed by atoms with van der Waals surface area (Å²) in [6.45, 7) is 1.53. The summed E-state index contributed by atoms with van der Waals surface area (Å²) in [6.07, 6.45) is 2.32. The molecule has 0 aliphatic rings. The minimum absolute atomic E-state index is 0.0507. The minimum Gasteiger partial charge on any atom is -0.356 e. The molecule has 4 nitrogen and oxygen atoms in total. The van der Waals surface area contributed by atoms with Crippen LogP contribution in [0.3, 0.4) is 0 Å². The summed E-state index contributed by atoms with van der Waals surface area (Å²) in [5.41, 5.74) is 2.17. The first-order valence-corrected chi connectivity index (χ1v) is 8.40. The first-order valence-electron chi connectivity index (χ1n) is 7.52. The fraction of sp³-hybridized carbons (Fsp3) is 0.412. The quantitative estimate of drug-likeness (QED) is 0.761. The van der Waals surface area contributed by atoms with E-state index in [1.165, 1.54) is 5.56 Å². The van der Waals surface area contributed by atoms with Crippen LogP contribution in [0.4, 0.5) is 0 Å². The molecule has 1 amide bonds. The van der Waals surface area contributed by atoms with E-state index < -0.39 is 0 Å². The largest absolute Gasteiger partial charge is 0.356 e. The summed E-state index contributed by atoms with van der Waals surface area (Å²) in [5, 5.41) is 5.99. The molecule has 1 aromatic carbocycles. The van der Waals surface area contributed by atoms with Crippen LogP contribution >= 0.6 is 11.3 Å². The summed E-state index contributed by atoms with van der Waals surface area (Å²) in [7, 11) is 4.03.